The van der Waals surface area contributed by atoms with Crippen molar-refractivity contribution in [3.63, 3.8) is 0 Å². The van der Waals surface area contributed by atoms with Crippen molar-refractivity contribution >= 4 is 11.5 Å². The summed E-state index contributed by atoms with van der Waals surface area (Å²) >= 11 is 0. The maximum Gasteiger partial charge on any atom is 0.137 e. The Morgan fingerprint density at radius 3 is 2.76 bits per heavy atom. The van der Waals surface area contributed by atoms with Crippen molar-refractivity contribution in [3.8, 4) is 17.0 Å². The predicted molar refractivity (Wildman–Crippen MR) is 81.5 cm³/mol. The molecule has 0 amide bonds. The van der Waals surface area contributed by atoms with Gasteiger partial charge >= 0.3 is 0 Å². The van der Waals surface area contributed by atoms with E-state index in [2.05, 4.69) is 20.3 Å². The standard InChI is InChI=1S/C16H14N4O/c1-21-14-8-12(9-18-11-14)15-5-2-6-16(20-15)19-13-4-3-7-17-10-13/h2-11H,1H3,(H,19,20). The zero-order valence-electron chi connectivity index (χ0n) is 11.5. The third-order valence-electron chi connectivity index (χ3n) is 2.93. The van der Waals surface area contributed by atoms with E-state index in [9.17, 15) is 0 Å². The lowest BCUT2D eigenvalue weighted by Gasteiger charge is -2.07. The Balaban J connectivity index is 1.89. The first-order valence-corrected chi connectivity index (χ1v) is 6.49. The molecule has 0 bridgehead atoms. The molecule has 0 saturated heterocycles. The van der Waals surface area contributed by atoms with Gasteiger partial charge in [-0.15, -0.1) is 0 Å². The second-order valence-electron chi connectivity index (χ2n) is 4.39. The third-order valence-corrected chi connectivity index (χ3v) is 2.93. The molecule has 0 unspecified atom stereocenters. The van der Waals surface area contributed by atoms with Crippen LogP contribution in [-0.4, -0.2) is 22.1 Å². The van der Waals surface area contributed by atoms with E-state index < -0.39 is 0 Å². The summed E-state index contributed by atoms with van der Waals surface area (Å²) < 4.78 is 5.19. The van der Waals surface area contributed by atoms with Crippen LogP contribution >= 0.6 is 0 Å². The molecule has 0 atom stereocenters. The second-order valence-corrected chi connectivity index (χ2v) is 4.39. The highest BCUT2D eigenvalue weighted by Crippen LogP contribution is 2.23. The first kappa shape index (κ1) is 13.1. The lowest BCUT2D eigenvalue weighted by molar-refractivity contribution is 0.413. The quantitative estimate of drug-likeness (QED) is 0.793. The van der Waals surface area contributed by atoms with Gasteiger partial charge in [-0.2, -0.15) is 0 Å². The van der Waals surface area contributed by atoms with Gasteiger partial charge in [0.25, 0.3) is 0 Å². The zero-order valence-corrected chi connectivity index (χ0v) is 11.5. The molecule has 0 fully saturated rings. The number of hydrogen-bond acceptors (Lipinski definition) is 5. The lowest BCUT2D eigenvalue weighted by Crippen LogP contribution is -1.95. The van der Waals surface area contributed by atoms with Crippen LogP contribution in [0.1, 0.15) is 0 Å². The van der Waals surface area contributed by atoms with Crippen molar-refractivity contribution in [1.82, 2.24) is 15.0 Å². The molecule has 0 aliphatic heterocycles. The zero-order chi connectivity index (χ0) is 14.5. The molecule has 0 aliphatic carbocycles. The summed E-state index contributed by atoms with van der Waals surface area (Å²) in [6.45, 7) is 0. The molecule has 0 aromatic carbocycles. The van der Waals surface area contributed by atoms with Gasteiger partial charge in [0.1, 0.15) is 11.6 Å². The molecule has 0 spiro atoms. The van der Waals surface area contributed by atoms with Crippen LogP contribution in [0.2, 0.25) is 0 Å². The Morgan fingerprint density at radius 1 is 1.00 bits per heavy atom. The molecule has 3 rings (SSSR count). The van der Waals surface area contributed by atoms with Crippen molar-refractivity contribution in [2.24, 2.45) is 0 Å². The van der Waals surface area contributed by atoms with Gasteiger partial charge < -0.3 is 10.1 Å². The smallest absolute Gasteiger partial charge is 0.137 e. The van der Waals surface area contributed by atoms with Gasteiger partial charge in [0, 0.05) is 18.0 Å². The van der Waals surface area contributed by atoms with Crippen molar-refractivity contribution in [1.29, 1.82) is 0 Å². The number of ether oxygens (including phenoxy) is 1. The Hall–Kier alpha value is -2.95. The number of nitrogens with one attached hydrogen (secondary N) is 1. The van der Waals surface area contributed by atoms with E-state index in [1.165, 1.54) is 0 Å². The first-order chi connectivity index (χ1) is 10.3. The number of hydrogen-bond donors (Lipinski definition) is 1. The number of anilines is 2. The van der Waals surface area contributed by atoms with Gasteiger partial charge in [0.15, 0.2) is 0 Å². The van der Waals surface area contributed by atoms with E-state index in [0.717, 1.165) is 22.8 Å². The molecule has 21 heavy (non-hydrogen) atoms. The van der Waals surface area contributed by atoms with Gasteiger partial charge in [0.05, 0.1) is 30.9 Å². The van der Waals surface area contributed by atoms with E-state index in [1.807, 2.05) is 36.4 Å². The van der Waals surface area contributed by atoms with E-state index >= 15 is 0 Å². The molecule has 0 aliphatic rings. The average Bonchev–Trinajstić information content (AvgIpc) is 2.56. The normalized spacial score (nSPS) is 10.1. The molecular weight excluding hydrogens is 264 g/mol. The highest BCUT2D eigenvalue weighted by molar-refractivity contribution is 5.64. The SMILES string of the molecule is COc1cncc(-c2cccc(Nc3cccnc3)n2)c1. The van der Waals surface area contributed by atoms with Crippen LogP contribution in [-0.2, 0) is 0 Å². The number of rotatable bonds is 4. The van der Waals surface area contributed by atoms with Gasteiger partial charge in [0.2, 0.25) is 0 Å². The molecular formula is C16H14N4O. The number of nitrogens with zero attached hydrogens (tertiary/aromatic N) is 3. The maximum absolute atomic E-state index is 5.19. The fourth-order valence-corrected chi connectivity index (χ4v) is 1.92. The van der Waals surface area contributed by atoms with Gasteiger partial charge in [-0.05, 0) is 30.3 Å². The minimum Gasteiger partial charge on any atom is -0.495 e. The highest BCUT2D eigenvalue weighted by Gasteiger charge is 2.03. The van der Waals surface area contributed by atoms with E-state index in [1.54, 1.807) is 31.9 Å². The van der Waals surface area contributed by atoms with Crippen molar-refractivity contribution in [2.45, 2.75) is 0 Å². The molecule has 0 radical (unpaired) electrons. The molecule has 5 heteroatoms. The fourth-order valence-electron chi connectivity index (χ4n) is 1.92. The lowest BCUT2D eigenvalue weighted by atomic mass is 10.2. The van der Waals surface area contributed by atoms with Gasteiger partial charge in [-0.3, -0.25) is 9.97 Å². The average molecular weight is 278 g/mol. The summed E-state index contributed by atoms with van der Waals surface area (Å²) in [6.07, 6.45) is 6.92. The first-order valence-electron chi connectivity index (χ1n) is 6.49. The van der Waals surface area contributed by atoms with E-state index in [0.29, 0.717) is 5.75 Å². The van der Waals surface area contributed by atoms with Crippen LogP contribution in [0.5, 0.6) is 5.75 Å². The molecule has 5 nitrogen and oxygen atoms in total. The second kappa shape index (κ2) is 6.00. The van der Waals surface area contributed by atoms with Crippen LogP contribution in [0.3, 0.4) is 0 Å². The summed E-state index contributed by atoms with van der Waals surface area (Å²) in [4.78, 5) is 12.8. The predicted octanol–water partition coefficient (Wildman–Crippen LogP) is 3.29. The Kier molecular flexibility index (Phi) is 3.73. The van der Waals surface area contributed by atoms with Crippen molar-refractivity contribution in [2.75, 3.05) is 12.4 Å². The van der Waals surface area contributed by atoms with Crippen LogP contribution in [0.15, 0.2) is 61.2 Å². The van der Waals surface area contributed by atoms with Gasteiger partial charge in [-0.1, -0.05) is 6.07 Å². The molecule has 104 valence electrons. The Labute approximate surface area is 122 Å². The fraction of sp³-hybridized carbons (Fsp3) is 0.0625. The number of pyridine rings is 3. The highest BCUT2D eigenvalue weighted by atomic mass is 16.5. The number of methoxy groups -OCH3 is 1. The van der Waals surface area contributed by atoms with Crippen LogP contribution < -0.4 is 10.1 Å². The largest absolute Gasteiger partial charge is 0.495 e. The third kappa shape index (κ3) is 3.14. The Morgan fingerprint density at radius 2 is 1.95 bits per heavy atom. The van der Waals surface area contributed by atoms with E-state index in [4.69, 9.17) is 4.74 Å². The summed E-state index contributed by atoms with van der Waals surface area (Å²) in [5, 5.41) is 3.22. The van der Waals surface area contributed by atoms with Crippen molar-refractivity contribution in [3.05, 3.63) is 61.2 Å². The van der Waals surface area contributed by atoms with Crippen LogP contribution in [0.4, 0.5) is 11.5 Å². The van der Waals surface area contributed by atoms with Crippen LogP contribution in [0.25, 0.3) is 11.3 Å². The summed E-state index contributed by atoms with van der Waals surface area (Å²) in [7, 11) is 1.62. The molecule has 1 N–H and O–H groups in total. The topological polar surface area (TPSA) is 59.9 Å². The Bertz CT molecular complexity index is 731. The summed E-state index contributed by atoms with van der Waals surface area (Å²) in [5.41, 5.74) is 2.63. The van der Waals surface area contributed by atoms with Gasteiger partial charge in [-0.25, -0.2) is 4.98 Å². The molecule has 3 heterocycles. The minimum absolute atomic E-state index is 0.708. The molecule has 3 aromatic heterocycles. The monoisotopic (exact) mass is 278 g/mol. The molecule has 3 aromatic rings. The minimum atomic E-state index is 0.708. The summed E-state index contributed by atoms with van der Waals surface area (Å²) in [6, 6.07) is 11.5. The van der Waals surface area contributed by atoms with Crippen molar-refractivity contribution < 1.29 is 4.74 Å². The van der Waals surface area contributed by atoms with Crippen LogP contribution in [0, 0.1) is 0 Å². The molecule has 0 saturated carbocycles. The number of aromatic nitrogens is 3. The summed E-state index contributed by atoms with van der Waals surface area (Å²) in [5.74, 6) is 1.46. The maximum atomic E-state index is 5.19. The van der Waals surface area contributed by atoms with E-state index in [-0.39, 0.29) is 0 Å².